The predicted molar refractivity (Wildman–Crippen MR) is 57.4 cm³/mol. The highest BCUT2D eigenvalue weighted by Gasteiger charge is 2.21. The topological polar surface area (TPSA) is 46.2 Å². The molecule has 0 radical (unpaired) electrons. The van der Waals surface area contributed by atoms with E-state index in [1.54, 1.807) is 6.07 Å². The number of benzene rings is 1. The van der Waals surface area contributed by atoms with Crippen molar-refractivity contribution in [1.29, 1.82) is 0 Å². The van der Waals surface area contributed by atoms with E-state index in [9.17, 15) is 18.4 Å². The third-order valence-corrected chi connectivity index (χ3v) is 2.75. The zero-order valence-electron chi connectivity index (χ0n) is 9.00. The SMILES string of the molecule is O=C1NCCCc2ccc(C(=O)C(F)F)cc21. The summed E-state index contributed by atoms with van der Waals surface area (Å²) < 4.78 is 24.5. The number of Topliss-reactive ketones (excluding diaryl/α,β-unsaturated/α-hetero) is 1. The molecule has 0 aromatic heterocycles. The second kappa shape index (κ2) is 4.61. The molecule has 90 valence electrons. The molecule has 0 atom stereocenters. The highest BCUT2D eigenvalue weighted by Crippen LogP contribution is 2.18. The van der Waals surface area contributed by atoms with Gasteiger partial charge in [0.05, 0.1) is 0 Å². The van der Waals surface area contributed by atoms with Crippen molar-refractivity contribution >= 4 is 11.7 Å². The molecule has 5 heteroatoms. The fraction of sp³-hybridized carbons (Fsp3) is 0.333. The average molecular weight is 239 g/mol. The first-order valence-corrected chi connectivity index (χ1v) is 5.33. The van der Waals surface area contributed by atoms with E-state index in [1.807, 2.05) is 0 Å². The van der Waals surface area contributed by atoms with Gasteiger partial charge in [-0.2, -0.15) is 0 Å². The number of alkyl halides is 2. The number of carbonyl (C=O) groups is 2. The lowest BCUT2D eigenvalue weighted by Gasteiger charge is -2.06. The first-order chi connectivity index (χ1) is 8.09. The molecule has 0 aliphatic carbocycles. The fourth-order valence-electron chi connectivity index (χ4n) is 1.86. The summed E-state index contributed by atoms with van der Waals surface area (Å²) in [5, 5.41) is 2.66. The third kappa shape index (κ3) is 2.33. The molecule has 2 rings (SSSR count). The first-order valence-electron chi connectivity index (χ1n) is 5.33. The van der Waals surface area contributed by atoms with E-state index < -0.39 is 12.2 Å². The molecule has 0 spiro atoms. The second-order valence-electron chi connectivity index (χ2n) is 3.90. The van der Waals surface area contributed by atoms with Crippen LogP contribution < -0.4 is 5.32 Å². The molecule has 1 aliphatic heterocycles. The number of nitrogens with one attached hydrogen (secondary N) is 1. The van der Waals surface area contributed by atoms with E-state index in [1.165, 1.54) is 12.1 Å². The lowest BCUT2D eigenvalue weighted by Crippen LogP contribution is -2.23. The number of hydrogen-bond donors (Lipinski definition) is 1. The molecule has 1 heterocycles. The Morgan fingerprint density at radius 2 is 2.12 bits per heavy atom. The quantitative estimate of drug-likeness (QED) is 0.800. The number of rotatable bonds is 2. The van der Waals surface area contributed by atoms with Crippen LogP contribution in [0.3, 0.4) is 0 Å². The molecule has 1 aliphatic rings. The van der Waals surface area contributed by atoms with E-state index >= 15 is 0 Å². The monoisotopic (exact) mass is 239 g/mol. The van der Waals surface area contributed by atoms with Gasteiger partial charge in [-0.05, 0) is 24.5 Å². The minimum atomic E-state index is -3.04. The first kappa shape index (κ1) is 11.7. The van der Waals surface area contributed by atoms with Crippen LogP contribution in [-0.2, 0) is 6.42 Å². The third-order valence-electron chi connectivity index (χ3n) is 2.75. The minimum Gasteiger partial charge on any atom is -0.352 e. The lowest BCUT2D eigenvalue weighted by molar-refractivity contribution is 0.0678. The maximum atomic E-state index is 12.3. The molecule has 1 aromatic rings. The van der Waals surface area contributed by atoms with Crippen LogP contribution in [0.5, 0.6) is 0 Å². The summed E-state index contributed by atoms with van der Waals surface area (Å²) in [5.74, 6) is -1.55. The molecule has 3 nitrogen and oxygen atoms in total. The van der Waals surface area contributed by atoms with Gasteiger partial charge in [-0.15, -0.1) is 0 Å². The van der Waals surface area contributed by atoms with Crippen LogP contribution >= 0.6 is 0 Å². The van der Waals surface area contributed by atoms with Crippen LogP contribution in [0.15, 0.2) is 18.2 Å². The maximum Gasteiger partial charge on any atom is 0.300 e. The predicted octanol–water partition coefficient (Wildman–Crippen LogP) is 1.81. The van der Waals surface area contributed by atoms with Crippen molar-refractivity contribution in [2.24, 2.45) is 0 Å². The molecular formula is C12H11F2NO2. The molecule has 17 heavy (non-hydrogen) atoms. The van der Waals surface area contributed by atoms with Crippen molar-refractivity contribution in [3.8, 4) is 0 Å². The number of amides is 1. The minimum absolute atomic E-state index is 0.115. The van der Waals surface area contributed by atoms with E-state index in [4.69, 9.17) is 0 Å². The Morgan fingerprint density at radius 3 is 2.82 bits per heavy atom. The summed E-state index contributed by atoms with van der Waals surface area (Å²) in [6, 6.07) is 4.19. The summed E-state index contributed by atoms with van der Waals surface area (Å²) in [7, 11) is 0. The number of fused-ring (bicyclic) bond motifs is 1. The molecule has 0 saturated carbocycles. The number of ketones is 1. The Morgan fingerprint density at radius 1 is 1.35 bits per heavy atom. The number of carbonyl (C=O) groups excluding carboxylic acids is 2. The van der Waals surface area contributed by atoms with Gasteiger partial charge in [-0.25, -0.2) is 8.78 Å². The van der Waals surface area contributed by atoms with Crippen LogP contribution in [0, 0.1) is 0 Å². The summed E-state index contributed by atoms with van der Waals surface area (Å²) in [6.45, 7) is 0.561. The van der Waals surface area contributed by atoms with Gasteiger partial charge in [0.2, 0.25) is 5.78 Å². The van der Waals surface area contributed by atoms with Crippen molar-refractivity contribution in [1.82, 2.24) is 5.32 Å². The van der Waals surface area contributed by atoms with Crippen molar-refractivity contribution in [2.45, 2.75) is 19.3 Å². The maximum absolute atomic E-state index is 12.3. The van der Waals surface area contributed by atoms with E-state index in [2.05, 4.69) is 5.32 Å². The summed E-state index contributed by atoms with van der Waals surface area (Å²) in [5.41, 5.74) is 1.01. The standard InChI is InChI=1S/C12H11F2NO2/c13-11(14)10(16)8-4-3-7-2-1-5-15-12(17)9(7)6-8/h3-4,6,11H,1-2,5H2,(H,15,17). The summed E-state index contributed by atoms with van der Waals surface area (Å²) in [4.78, 5) is 22.8. The molecular weight excluding hydrogens is 228 g/mol. The highest BCUT2D eigenvalue weighted by atomic mass is 19.3. The van der Waals surface area contributed by atoms with Crippen LogP contribution in [0.1, 0.15) is 32.7 Å². The van der Waals surface area contributed by atoms with Crippen LogP contribution in [0.2, 0.25) is 0 Å². The highest BCUT2D eigenvalue weighted by molar-refractivity contribution is 6.02. The van der Waals surface area contributed by atoms with Crippen LogP contribution in [0.25, 0.3) is 0 Å². The van der Waals surface area contributed by atoms with Gasteiger partial charge in [0.15, 0.2) is 0 Å². The normalized spacial score (nSPS) is 15.1. The van der Waals surface area contributed by atoms with Crippen molar-refractivity contribution in [3.05, 3.63) is 34.9 Å². The average Bonchev–Trinajstić information content (AvgIpc) is 2.50. The largest absolute Gasteiger partial charge is 0.352 e. The summed E-state index contributed by atoms with van der Waals surface area (Å²) >= 11 is 0. The molecule has 0 bridgehead atoms. The van der Waals surface area contributed by atoms with Crippen LogP contribution in [-0.4, -0.2) is 24.7 Å². The number of halogens is 2. The van der Waals surface area contributed by atoms with Crippen LogP contribution in [0.4, 0.5) is 8.78 Å². The Bertz CT molecular complexity index is 472. The van der Waals surface area contributed by atoms with Gasteiger partial charge in [-0.1, -0.05) is 12.1 Å². The number of aryl methyl sites for hydroxylation is 1. The number of hydrogen-bond acceptors (Lipinski definition) is 2. The second-order valence-corrected chi connectivity index (χ2v) is 3.90. The molecule has 0 fully saturated rings. The van der Waals surface area contributed by atoms with Gasteiger partial charge < -0.3 is 5.32 Å². The van der Waals surface area contributed by atoms with Crippen molar-refractivity contribution in [2.75, 3.05) is 6.54 Å². The Hall–Kier alpha value is -1.78. The Kier molecular flexibility index (Phi) is 3.17. The molecule has 1 aromatic carbocycles. The molecule has 1 amide bonds. The van der Waals surface area contributed by atoms with E-state index in [-0.39, 0.29) is 11.5 Å². The fourth-order valence-corrected chi connectivity index (χ4v) is 1.86. The lowest BCUT2D eigenvalue weighted by atomic mass is 9.99. The molecule has 1 N–H and O–H groups in total. The van der Waals surface area contributed by atoms with Gasteiger partial charge in [-0.3, -0.25) is 9.59 Å². The van der Waals surface area contributed by atoms with E-state index in [0.717, 1.165) is 12.0 Å². The van der Waals surface area contributed by atoms with Gasteiger partial charge >= 0.3 is 6.43 Å². The zero-order chi connectivity index (χ0) is 12.4. The smallest absolute Gasteiger partial charge is 0.300 e. The van der Waals surface area contributed by atoms with E-state index in [0.29, 0.717) is 18.5 Å². The Labute approximate surface area is 96.8 Å². The summed E-state index contributed by atoms with van der Waals surface area (Å²) in [6.07, 6.45) is -1.53. The van der Waals surface area contributed by atoms with Crippen molar-refractivity contribution < 1.29 is 18.4 Å². The van der Waals surface area contributed by atoms with Gasteiger partial charge in [0.1, 0.15) is 0 Å². The Balaban J connectivity index is 2.41. The molecule has 0 unspecified atom stereocenters. The zero-order valence-corrected chi connectivity index (χ0v) is 9.00. The van der Waals surface area contributed by atoms with Gasteiger partial charge in [0, 0.05) is 17.7 Å². The molecule has 0 saturated heterocycles. The van der Waals surface area contributed by atoms with Gasteiger partial charge in [0.25, 0.3) is 5.91 Å². The van der Waals surface area contributed by atoms with Crippen molar-refractivity contribution in [3.63, 3.8) is 0 Å².